The van der Waals surface area contributed by atoms with Crippen molar-refractivity contribution in [3.05, 3.63) is 15.6 Å². The zero-order valence-electron chi connectivity index (χ0n) is 11.4. The van der Waals surface area contributed by atoms with Crippen molar-refractivity contribution in [1.29, 1.82) is 0 Å². The molecule has 3 unspecified atom stereocenters. The largest absolute Gasteiger partial charge is 0.324 e. The minimum atomic E-state index is -0.0246. The van der Waals surface area contributed by atoms with Crippen LogP contribution in [0.1, 0.15) is 48.7 Å². The van der Waals surface area contributed by atoms with E-state index in [1.807, 2.05) is 11.3 Å². The molecular weight excluding hydrogens is 228 g/mol. The summed E-state index contributed by atoms with van der Waals surface area (Å²) >= 11 is 1.82. The Labute approximate surface area is 109 Å². The molecule has 1 aliphatic carbocycles. The fourth-order valence-corrected chi connectivity index (χ4v) is 3.95. The van der Waals surface area contributed by atoms with Crippen LogP contribution in [0, 0.1) is 25.7 Å². The van der Waals surface area contributed by atoms with Gasteiger partial charge in [-0.2, -0.15) is 0 Å². The highest BCUT2D eigenvalue weighted by Gasteiger charge is 2.37. The Kier molecular flexibility index (Phi) is 3.60. The molecule has 0 aliphatic heterocycles. The third-order valence-electron chi connectivity index (χ3n) is 4.39. The first-order valence-electron chi connectivity index (χ1n) is 6.62. The Morgan fingerprint density at radius 1 is 1.41 bits per heavy atom. The standard InChI is InChI=1S/C14H24N2S/c1-9-5-6-14(15,10(2)7-9)8-13-16-11(3)12(4)17-13/h9-10H,5-8,15H2,1-4H3. The van der Waals surface area contributed by atoms with E-state index in [9.17, 15) is 0 Å². The van der Waals surface area contributed by atoms with Crippen molar-refractivity contribution in [2.24, 2.45) is 17.6 Å². The molecule has 0 bridgehead atoms. The van der Waals surface area contributed by atoms with Crippen LogP contribution < -0.4 is 5.73 Å². The molecule has 0 saturated heterocycles. The molecular formula is C14H24N2S. The van der Waals surface area contributed by atoms with E-state index in [-0.39, 0.29) is 5.54 Å². The third-order valence-corrected chi connectivity index (χ3v) is 5.47. The van der Waals surface area contributed by atoms with E-state index in [1.165, 1.54) is 28.4 Å². The topological polar surface area (TPSA) is 38.9 Å². The zero-order valence-corrected chi connectivity index (χ0v) is 12.2. The van der Waals surface area contributed by atoms with Gasteiger partial charge >= 0.3 is 0 Å². The van der Waals surface area contributed by atoms with Gasteiger partial charge in [-0.25, -0.2) is 4.98 Å². The Morgan fingerprint density at radius 2 is 2.12 bits per heavy atom. The van der Waals surface area contributed by atoms with Crippen LogP contribution in [-0.2, 0) is 6.42 Å². The fourth-order valence-electron chi connectivity index (χ4n) is 2.88. The van der Waals surface area contributed by atoms with Crippen molar-refractivity contribution in [2.45, 2.75) is 58.9 Å². The molecule has 1 aromatic rings. The van der Waals surface area contributed by atoms with Crippen LogP contribution in [0.4, 0.5) is 0 Å². The van der Waals surface area contributed by atoms with E-state index in [0.717, 1.165) is 18.8 Å². The molecule has 2 nitrogen and oxygen atoms in total. The summed E-state index contributed by atoms with van der Waals surface area (Å²) in [6, 6.07) is 0. The zero-order chi connectivity index (χ0) is 12.6. The van der Waals surface area contributed by atoms with E-state index in [2.05, 4.69) is 32.7 Å². The molecule has 1 fully saturated rings. The minimum Gasteiger partial charge on any atom is -0.324 e. The van der Waals surface area contributed by atoms with Crippen molar-refractivity contribution in [3.63, 3.8) is 0 Å². The lowest BCUT2D eigenvalue weighted by atomic mass is 9.69. The van der Waals surface area contributed by atoms with Crippen LogP contribution in [0.3, 0.4) is 0 Å². The predicted octanol–water partition coefficient (Wildman–Crippen LogP) is 3.46. The molecule has 3 heteroatoms. The maximum Gasteiger partial charge on any atom is 0.0949 e. The average molecular weight is 252 g/mol. The molecule has 96 valence electrons. The number of nitrogens with two attached hydrogens (primary N) is 1. The number of nitrogens with zero attached hydrogens (tertiary/aromatic N) is 1. The molecule has 1 aromatic heterocycles. The molecule has 1 heterocycles. The smallest absolute Gasteiger partial charge is 0.0949 e. The van der Waals surface area contributed by atoms with Crippen molar-refractivity contribution in [1.82, 2.24) is 4.98 Å². The quantitative estimate of drug-likeness (QED) is 0.875. The van der Waals surface area contributed by atoms with Crippen LogP contribution in [0.2, 0.25) is 0 Å². The van der Waals surface area contributed by atoms with Gasteiger partial charge in [0.15, 0.2) is 0 Å². The van der Waals surface area contributed by atoms with Gasteiger partial charge in [0.25, 0.3) is 0 Å². The maximum absolute atomic E-state index is 6.62. The first-order valence-corrected chi connectivity index (χ1v) is 7.44. The van der Waals surface area contributed by atoms with Crippen molar-refractivity contribution >= 4 is 11.3 Å². The second-order valence-corrected chi connectivity index (χ2v) is 7.23. The van der Waals surface area contributed by atoms with Crippen LogP contribution in [0.25, 0.3) is 0 Å². The average Bonchev–Trinajstić information content (AvgIpc) is 2.53. The number of aromatic nitrogens is 1. The molecule has 2 N–H and O–H groups in total. The molecule has 0 amide bonds. The molecule has 0 radical (unpaired) electrons. The van der Waals surface area contributed by atoms with Gasteiger partial charge in [-0.15, -0.1) is 11.3 Å². The SMILES string of the molecule is Cc1nc(CC2(N)CCC(C)CC2C)sc1C. The summed E-state index contributed by atoms with van der Waals surface area (Å²) in [4.78, 5) is 5.98. The van der Waals surface area contributed by atoms with Crippen LogP contribution in [-0.4, -0.2) is 10.5 Å². The Hall–Kier alpha value is -0.410. The monoisotopic (exact) mass is 252 g/mol. The minimum absolute atomic E-state index is 0.0246. The van der Waals surface area contributed by atoms with Gasteiger partial charge in [-0.1, -0.05) is 13.8 Å². The second kappa shape index (κ2) is 4.69. The summed E-state index contributed by atoms with van der Waals surface area (Å²) in [5, 5.41) is 1.23. The van der Waals surface area contributed by atoms with E-state index >= 15 is 0 Å². The van der Waals surface area contributed by atoms with E-state index < -0.39 is 0 Å². The number of hydrogen-bond acceptors (Lipinski definition) is 3. The lowest BCUT2D eigenvalue weighted by molar-refractivity contribution is 0.163. The van der Waals surface area contributed by atoms with Crippen LogP contribution in [0.15, 0.2) is 0 Å². The van der Waals surface area contributed by atoms with Gasteiger partial charge in [0, 0.05) is 16.8 Å². The lowest BCUT2D eigenvalue weighted by Crippen LogP contribution is -2.51. The summed E-state index contributed by atoms with van der Waals surface area (Å²) in [6.07, 6.45) is 4.64. The number of hydrogen-bond donors (Lipinski definition) is 1. The summed E-state index contributed by atoms with van der Waals surface area (Å²) in [5.41, 5.74) is 7.77. The van der Waals surface area contributed by atoms with Gasteiger partial charge in [-0.05, 0) is 44.9 Å². The summed E-state index contributed by atoms with van der Waals surface area (Å²) < 4.78 is 0. The molecule has 3 atom stereocenters. The van der Waals surface area contributed by atoms with E-state index in [4.69, 9.17) is 5.73 Å². The Morgan fingerprint density at radius 3 is 2.65 bits per heavy atom. The Balaban J connectivity index is 2.11. The molecule has 17 heavy (non-hydrogen) atoms. The molecule has 1 aliphatic rings. The van der Waals surface area contributed by atoms with Gasteiger partial charge in [-0.3, -0.25) is 0 Å². The maximum atomic E-state index is 6.62. The number of thiazole rings is 1. The predicted molar refractivity (Wildman–Crippen MR) is 74.4 cm³/mol. The first-order chi connectivity index (χ1) is 7.90. The van der Waals surface area contributed by atoms with Gasteiger partial charge in [0.05, 0.1) is 10.7 Å². The molecule has 0 aromatic carbocycles. The van der Waals surface area contributed by atoms with Gasteiger partial charge in [0.2, 0.25) is 0 Å². The van der Waals surface area contributed by atoms with Crippen molar-refractivity contribution in [2.75, 3.05) is 0 Å². The Bertz CT molecular complexity index is 379. The summed E-state index contributed by atoms with van der Waals surface area (Å²) in [6.45, 7) is 8.88. The highest BCUT2D eigenvalue weighted by molar-refractivity contribution is 7.11. The molecule has 0 spiro atoms. The summed E-state index contributed by atoms with van der Waals surface area (Å²) in [7, 11) is 0. The third kappa shape index (κ3) is 2.71. The number of aryl methyl sites for hydroxylation is 2. The fraction of sp³-hybridized carbons (Fsp3) is 0.786. The normalized spacial score (nSPS) is 33.9. The van der Waals surface area contributed by atoms with Crippen LogP contribution >= 0.6 is 11.3 Å². The lowest BCUT2D eigenvalue weighted by Gasteiger charge is -2.41. The number of rotatable bonds is 2. The van der Waals surface area contributed by atoms with E-state index in [0.29, 0.717) is 5.92 Å². The summed E-state index contributed by atoms with van der Waals surface area (Å²) in [5.74, 6) is 1.44. The van der Waals surface area contributed by atoms with Crippen LogP contribution in [0.5, 0.6) is 0 Å². The first kappa shape index (κ1) is 13.0. The van der Waals surface area contributed by atoms with E-state index in [1.54, 1.807) is 0 Å². The highest BCUT2D eigenvalue weighted by Crippen LogP contribution is 2.37. The molecule has 1 saturated carbocycles. The molecule has 2 rings (SSSR count). The van der Waals surface area contributed by atoms with Crippen molar-refractivity contribution in [3.8, 4) is 0 Å². The van der Waals surface area contributed by atoms with Crippen molar-refractivity contribution < 1.29 is 0 Å². The van der Waals surface area contributed by atoms with Gasteiger partial charge in [0.1, 0.15) is 0 Å². The second-order valence-electron chi connectivity index (χ2n) is 5.94. The highest BCUT2D eigenvalue weighted by atomic mass is 32.1. The van der Waals surface area contributed by atoms with Gasteiger partial charge < -0.3 is 5.73 Å².